The van der Waals surface area contributed by atoms with Crippen LogP contribution in [0.4, 0.5) is 0 Å². The second kappa shape index (κ2) is 7.99. The summed E-state index contributed by atoms with van der Waals surface area (Å²) in [5.74, 6) is -0.476. The molecule has 8 heteroatoms. The highest BCUT2D eigenvalue weighted by Gasteiger charge is 2.29. The molecule has 0 bridgehead atoms. The van der Waals surface area contributed by atoms with Gasteiger partial charge in [0.1, 0.15) is 34.0 Å². The standard InChI is InChI=1S/C26H28O8/c1-25(2,31)8-6-14-22(30)21-18(29)12-20-13(7-9-26(3,4)34-20)24(21)33-23(14)15-10-16(27)17(28)11-19(15)32-5/h7,9-12,27-29,31H,6,8H2,1-5H3. The Bertz CT molecular complexity index is 1370. The molecule has 0 saturated carbocycles. The fourth-order valence-electron chi connectivity index (χ4n) is 4.00. The van der Waals surface area contributed by atoms with E-state index < -0.39 is 28.1 Å². The number of phenolic OH excluding ortho intramolecular Hbond substituents is 3. The predicted molar refractivity (Wildman–Crippen MR) is 128 cm³/mol. The minimum Gasteiger partial charge on any atom is -0.507 e. The lowest BCUT2D eigenvalue weighted by atomic mass is 9.93. The van der Waals surface area contributed by atoms with E-state index >= 15 is 0 Å². The van der Waals surface area contributed by atoms with E-state index in [9.17, 15) is 25.2 Å². The molecule has 0 saturated heterocycles. The third-order valence-corrected chi connectivity index (χ3v) is 5.79. The molecule has 0 spiro atoms. The molecule has 2 heterocycles. The highest BCUT2D eigenvalue weighted by Crippen LogP contribution is 2.44. The molecule has 0 fully saturated rings. The van der Waals surface area contributed by atoms with Crippen LogP contribution in [0.3, 0.4) is 0 Å². The smallest absolute Gasteiger partial charge is 0.200 e. The highest BCUT2D eigenvalue weighted by atomic mass is 16.5. The zero-order valence-electron chi connectivity index (χ0n) is 19.7. The van der Waals surface area contributed by atoms with Gasteiger partial charge >= 0.3 is 0 Å². The molecular weight excluding hydrogens is 440 g/mol. The number of hydrogen-bond donors (Lipinski definition) is 4. The summed E-state index contributed by atoms with van der Waals surface area (Å²) in [6, 6.07) is 3.86. The molecule has 180 valence electrons. The van der Waals surface area contributed by atoms with Crippen molar-refractivity contribution >= 4 is 17.0 Å². The Hall–Kier alpha value is -3.65. The van der Waals surface area contributed by atoms with E-state index in [1.54, 1.807) is 19.9 Å². The maximum absolute atomic E-state index is 13.7. The third kappa shape index (κ3) is 4.17. The van der Waals surface area contributed by atoms with Gasteiger partial charge in [-0.3, -0.25) is 4.79 Å². The molecule has 34 heavy (non-hydrogen) atoms. The van der Waals surface area contributed by atoms with Gasteiger partial charge in [0, 0.05) is 17.7 Å². The van der Waals surface area contributed by atoms with Crippen molar-refractivity contribution in [1.29, 1.82) is 0 Å². The summed E-state index contributed by atoms with van der Waals surface area (Å²) in [6.45, 7) is 6.97. The van der Waals surface area contributed by atoms with E-state index in [4.69, 9.17) is 13.9 Å². The van der Waals surface area contributed by atoms with E-state index in [0.717, 1.165) is 0 Å². The van der Waals surface area contributed by atoms with E-state index in [1.165, 1.54) is 25.3 Å². The van der Waals surface area contributed by atoms with Gasteiger partial charge in [-0.15, -0.1) is 0 Å². The van der Waals surface area contributed by atoms with Gasteiger partial charge < -0.3 is 34.3 Å². The van der Waals surface area contributed by atoms with Crippen LogP contribution in [0.2, 0.25) is 0 Å². The quantitative estimate of drug-likeness (QED) is 0.404. The average Bonchev–Trinajstić information content (AvgIpc) is 2.72. The Balaban J connectivity index is 2.09. The number of methoxy groups -OCH3 is 1. The van der Waals surface area contributed by atoms with E-state index in [2.05, 4.69) is 0 Å². The third-order valence-electron chi connectivity index (χ3n) is 5.79. The summed E-state index contributed by atoms with van der Waals surface area (Å²) in [7, 11) is 1.39. The number of rotatable bonds is 5. The van der Waals surface area contributed by atoms with Gasteiger partial charge in [0.05, 0.1) is 23.8 Å². The molecule has 1 aliphatic rings. The number of hydrogen-bond acceptors (Lipinski definition) is 8. The van der Waals surface area contributed by atoms with Gasteiger partial charge in [0.15, 0.2) is 22.5 Å². The fourth-order valence-corrected chi connectivity index (χ4v) is 4.00. The van der Waals surface area contributed by atoms with Crippen LogP contribution in [-0.2, 0) is 6.42 Å². The Kier molecular flexibility index (Phi) is 5.52. The molecule has 2 aromatic carbocycles. The van der Waals surface area contributed by atoms with Crippen LogP contribution < -0.4 is 14.9 Å². The lowest BCUT2D eigenvalue weighted by Gasteiger charge is -2.28. The van der Waals surface area contributed by atoms with Crippen molar-refractivity contribution < 1.29 is 34.3 Å². The first-order valence-corrected chi connectivity index (χ1v) is 10.9. The molecule has 4 rings (SSSR count). The second-order valence-corrected chi connectivity index (χ2v) is 9.64. The average molecular weight is 469 g/mol. The Morgan fingerprint density at radius 1 is 1.06 bits per heavy atom. The second-order valence-electron chi connectivity index (χ2n) is 9.64. The SMILES string of the molecule is COc1cc(O)c(O)cc1-c1oc2c3c(cc(O)c2c(=O)c1CCC(C)(C)O)OC(C)(C)C=C3. The molecule has 1 aliphatic heterocycles. The number of benzene rings is 2. The fraction of sp³-hybridized carbons (Fsp3) is 0.346. The van der Waals surface area contributed by atoms with Gasteiger partial charge in [-0.25, -0.2) is 0 Å². The minimum absolute atomic E-state index is 0.0110. The maximum Gasteiger partial charge on any atom is 0.200 e. The number of aromatic hydroxyl groups is 3. The lowest BCUT2D eigenvalue weighted by Crippen LogP contribution is -2.27. The van der Waals surface area contributed by atoms with Crippen LogP contribution >= 0.6 is 0 Å². The predicted octanol–water partition coefficient (Wildman–Crippen LogP) is 4.47. The molecule has 0 radical (unpaired) electrons. The first kappa shape index (κ1) is 23.5. The maximum atomic E-state index is 13.7. The van der Waals surface area contributed by atoms with Crippen LogP contribution in [0.5, 0.6) is 28.7 Å². The van der Waals surface area contributed by atoms with Crippen molar-refractivity contribution in [3.05, 3.63) is 45.6 Å². The highest BCUT2D eigenvalue weighted by molar-refractivity contribution is 5.95. The van der Waals surface area contributed by atoms with Crippen molar-refractivity contribution in [3.8, 4) is 40.1 Å². The summed E-state index contributed by atoms with van der Waals surface area (Å²) < 4.78 is 17.6. The van der Waals surface area contributed by atoms with Gasteiger partial charge in [0.25, 0.3) is 0 Å². The summed E-state index contributed by atoms with van der Waals surface area (Å²) in [5.41, 5.74) is -1.14. The van der Waals surface area contributed by atoms with Crippen LogP contribution in [0.25, 0.3) is 28.4 Å². The number of fused-ring (bicyclic) bond motifs is 3. The van der Waals surface area contributed by atoms with Crippen LogP contribution in [0.1, 0.15) is 45.2 Å². The lowest BCUT2D eigenvalue weighted by molar-refractivity contribution is 0.0713. The molecule has 4 N–H and O–H groups in total. The molecule has 8 nitrogen and oxygen atoms in total. The summed E-state index contributed by atoms with van der Waals surface area (Å²) in [5, 5.41) is 41.1. The largest absolute Gasteiger partial charge is 0.507 e. The van der Waals surface area contributed by atoms with Gasteiger partial charge in [-0.1, -0.05) is 0 Å². The molecule has 3 aromatic rings. The van der Waals surface area contributed by atoms with Crippen molar-refractivity contribution in [3.63, 3.8) is 0 Å². The number of phenols is 3. The molecule has 1 aromatic heterocycles. The first-order valence-electron chi connectivity index (χ1n) is 10.9. The van der Waals surface area contributed by atoms with Crippen molar-refractivity contribution in [2.45, 2.75) is 51.7 Å². The monoisotopic (exact) mass is 468 g/mol. The van der Waals surface area contributed by atoms with Gasteiger partial charge in [-0.05, 0) is 58.8 Å². The molecular formula is C26H28O8. The van der Waals surface area contributed by atoms with Crippen molar-refractivity contribution in [1.82, 2.24) is 0 Å². The molecule has 0 amide bonds. The summed E-state index contributed by atoms with van der Waals surface area (Å²) in [4.78, 5) is 13.7. The Morgan fingerprint density at radius 2 is 1.74 bits per heavy atom. The van der Waals surface area contributed by atoms with Gasteiger partial charge in [0.2, 0.25) is 0 Å². The molecule has 0 unspecified atom stereocenters. The zero-order valence-corrected chi connectivity index (χ0v) is 19.7. The topological polar surface area (TPSA) is 130 Å². The van der Waals surface area contributed by atoms with E-state index in [1.807, 2.05) is 19.9 Å². The van der Waals surface area contributed by atoms with E-state index in [-0.39, 0.29) is 52.2 Å². The molecule has 0 aliphatic carbocycles. The van der Waals surface area contributed by atoms with Crippen LogP contribution in [0, 0.1) is 0 Å². The van der Waals surface area contributed by atoms with Crippen LogP contribution in [0.15, 0.2) is 33.5 Å². The Labute approximate surface area is 196 Å². The Morgan fingerprint density at radius 3 is 2.38 bits per heavy atom. The molecule has 0 atom stereocenters. The van der Waals surface area contributed by atoms with Crippen molar-refractivity contribution in [2.24, 2.45) is 0 Å². The number of ether oxygens (including phenoxy) is 2. The van der Waals surface area contributed by atoms with E-state index in [0.29, 0.717) is 11.3 Å². The zero-order chi connectivity index (χ0) is 25.0. The normalized spacial score (nSPS) is 14.6. The summed E-state index contributed by atoms with van der Waals surface area (Å²) in [6.07, 6.45) is 3.94. The van der Waals surface area contributed by atoms with Crippen LogP contribution in [-0.4, -0.2) is 38.7 Å². The number of aliphatic hydroxyl groups is 1. The first-order chi connectivity index (χ1) is 15.8. The summed E-state index contributed by atoms with van der Waals surface area (Å²) >= 11 is 0. The van der Waals surface area contributed by atoms with Gasteiger partial charge in [-0.2, -0.15) is 0 Å². The minimum atomic E-state index is -1.07. The van der Waals surface area contributed by atoms with Crippen molar-refractivity contribution in [2.75, 3.05) is 7.11 Å².